The molecule has 0 saturated carbocycles. The van der Waals surface area contributed by atoms with Crippen molar-refractivity contribution < 1.29 is 19.5 Å². The second-order valence-corrected chi connectivity index (χ2v) is 5.56. The van der Waals surface area contributed by atoms with E-state index in [0.717, 1.165) is 0 Å². The number of urea groups is 1. The lowest BCUT2D eigenvalue weighted by Gasteiger charge is -2.23. The van der Waals surface area contributed by atoms with Crippen LogP contribution in [0.2, 0.25) is 0 Å². The first-order chi connectivity index (χ1) is 10.7. The zero-order chi connectivity index (χ0) is 17.6. The van der Waals surface area contributed by atoms with Crippen LogP contribution in [0.15, 0.2) is 24.3 Å². The fraction of sp³-hybridized carbons (Fsp3) is 0.400. The second-order valence-electron chi connectivity index (χ2n) is 5.56. The van der Waals surface area contributed by atoms with E-state index in [9.17, 15) is 19.5 Å². The summed E-state index contributed by atoms with van der Waals surface area (Å²) in [6.45, 7) is 3.48. The Morgan fingerprint density at radius 1 is 1.09 bits per heavy atom. The first kappa shape index (κ1) is 18.3. The zero-order valence-electron chi connectivity index (χ0n) is 13.1. The molecule has 126 valence electrons. The van der Waals surface area contributed by atoms with Gasteiger partial charge in [0, 0.05) is 6.42 Å². The van der Waals surface area contributed by atoms with Crippen LogP contribution in [-0.4, -0.2) is 35.0 Å². The molecule has 1 rings (SSSR count). The lowest BCUT2D eigenvalue weighted by molar-refractivity contribution is -0.129. The van der Waals surface area contributed by atoms with Gasteiger partial charge in [-0.25, -0.2) is 4.79 Å². The van der Waals surface area contributed by atoms with Crippen LogP contribution in [-0.2, 0) is 16.0 Å². The van der Waals surface area contributed by atoms with Crippen LogP contribution in [0.3, 0.4) is 0 Å². The topological polar surface area (TPSA) is 148 Å². The Morgan fingerprint density at radius 3 is 2.09 bits per heavy atom. The molecule has 0 aliphatic carbocycles. The minimum atomic E-state index is -0.961. The molecule has 0 aliphatic rings. The summed E-state index contributed by atoms with van der Waals surface area (Å²) in [6.07, 6.45) is 0.151. The number of rotatable bonds is 7. The quantitative estimate of drug-likeness (QED) is 0.464. The third-order valence-corrected chi connectivity index (χ3v) is 3.28. The van der Waals surface area contributed by atoms with Gasteiger partial charge >= 0.3 is 6.03 Å². The van der Waals surface area contributed by atoms with E-state index in [4.69, 9.17) is 11.5 Å². The van der Waals surface area contributed by atoms with Crippen molar-refractivity contribution in [1.29, 1.82) is 0 Å². The van der Waals surface area contributed by atoms with E-state index in [1.165, 1.54) is 12.1 Å². The molecule has 1 aromatic carbocycles. The molecule has 8 nitrogen and oxygen atoms in total. The predicted octanol–water partition coefficient (Wildman–Crippen LogP) is -0.402. The average molecular weight is 322 g/mol. The van der Waals surface area contributed by atoms with Crippen LogP contribution >= 0.6 is 0 Å². The largest absolute Gasteiger partial charge is 0.508 e. The normalized spacial score (nSPS) is 13.2. The van der Waals surface area contributed by atoms with Gasteiger partial charge in [0.1, 0.15) is 17.8 Å². The summed E-state index contributed by atoms with van der Waals surface area (Å²) < 4.78 is 0. The molecule has 23 heavy (non-hydrogen) atoms. The molecule has 0 radical (unpaired) electrons. The maximum absolute atomic E-state index is 12.3. The molecule has 0 aromatic heterocycles. The highest BCUT2D eigenvalue weighted by molar-refractivity contribution is 5.91. The van der Waals surface area contributed by atoms with Crippen LogP contribution < -0.4 is 22.1 Å². The van der Waals surface area contributed by atoms with Crippen LogP contribution in [0.1, 0.15) is 19.4 Å². The van der Waals surface area contributed by atoms with E-state index in [2.05, 4.69) is 10.6 Å². The summed E-state index contributed by atoms with van der Waals surface area (Å²) >= 11 is 0. The molecule has 4 amide bonds. The van der Waals surface area contributed by atoms with Crippen LogP contribution in [0, 0.1) is 5.92 Å². The number of phenolic OH excluding ortho intramolecular Hbond substituents is 1. The molecule has 0 saturated heterocycles. The third-order valence-electron chi connectivity index (χ3n) is 3.28. The van der Waals surface area contributed by atoms with Gasteiger partial charge in [0.15, 0.2) is 0 Å². The predicted molar refractivity (Wildman–Crippen MR) is 84.3 cm³/mol. The van der Waals surface area contributed by atoms with E-state index in [0.29, 0.717) is 5.56 Å². The van der Waals surface area contributed by atoms with Crippen molar-refractivity contribution in [1.82, 2.24) is 10.6 Å². The van der Waals surface area contributed by atoms with Crippen molar-refractivity contribution in [2.75, 3.05) is 0 Å². The van der Waals surface area contributed by atoms with Gasteiger partial charge in [-0.1, -0.05) is 26.0 Å². The number of phenols is 1. The molecule has 0 fully saturated rings. The lowest BCUT2D eigenvalue weighted by atomic mass is 10.0. The summed E-state index contributed by atoms with van der Waals surface area (Å²) in [5.74, 6) is -1.32. The number of nitrogens with one attached hydrogen (secondary N) is 2. The average Bonchev–Trinajstić information content (AvgIpc) is 2.44. The Labute approximate surface area is 134 Å². The van der Waals surface area contributed by atoms with Gasteiger partial charge in [-0.2, -0.15) is 0 Å². The van der Waals surface area contributed by atoms with E-state index < -0.39 is 29.9 Å². The Morgan fingerprint density at radius 2 is 1.65 bits per heavy atom. The summed E-state index contributed by atoms with van der Waals surface area (Å²) in [5.41, 5.74) is 11.1. The van der Waals surface area contributed by atoms with Gasteiger partial charge in [0.2, 0.25) is 11.8 Å². The van der Waals surface area contributed by atoms with Crippen LogP contribution in [0.5, 0.6) is 5.75 Å². The molecule has 0 bridgehead atoms. The monoisotopic (exact) mass is 322 g/mol. The van der Waals surface area contributed by atoms with Gasteiger partial charge in [-0.3, -0.25) is 9.59 Å². The maximum atomic E-state index is 12.3. The highest BCUT2D eigenvalue weighted by Gasteiger charge is 2.27. The Bertz CT molecular complexity index is 571. The number of hydrogen-bond donors (Lipinski definition) is 5. The number of carbonyl (C=O) groups is 3. The van der Waals surface area contributed by atoms with Crippen LogP contribution in [0.25, 0.3) is 0 Å². The van der Waals surface area contributed by atoms with Crippen molar-refractivity contribution in [3.8, 4) is 5.75 Å². The second kappa shape index (κ2) is 8.02. The number of aromatic hydroxyl groups is 1. The van der Waals surface area contributed by atoms with Gasteiger partial charge < -0.3 is 27.2 Å². The third kappa shape index (κ3) is 5.85. The van der Waals surface area contributed by atoms with E-state index >= 15 is 0 Å². The fourth-order valence-corrected chi connectivity index (χ4v) is 2.07. The minimum Gasteiger partial charge on any atom is -0.508 e. The molecule has 8 heteroatoms. The molecule has 2 atom stereocenters. The maximum Gasteiger partial charge on any atom is 0.312 e. The standard InChI is InChI=1S/C15H22N4O4/c1-8(2)12(13(16)21)19-14(22)11(18-15(17)23)7-9-3-5-10(20)6-4-9/h3-6,8,11-12,20H,7H2,1-2H3,(H2,16,21)(H,19,22)(H3,17,18,23)/t11-,12-/m0/s1. The molecule has 0 heterocycles. The SMILES string of the molecule is CC(C)[C@H](NC(=O)[C@H](Cc1ccc(O)cc1)NC(N)=O)C(N)=O. The van der Waals surface area contributed by atoms with E-state index in [1.807, 2.05) is 0 Å². The van der Waals surface area contributed by atoms with Crippen molar-refractivity contribution >= 4 is 17.8 Å². The van der Waals surface area contributed by atoms with Crippen molar-refractivity contribution in [3.63, 3.8) is 0 Å². The molecule has 1 aromatic rings. The first-order valence-corrected chi connectivity index (χ1v) is 7.14. The number of nitrogens with two attached hydrogens (primary N) is 2. The molecular formula is C15H22N4O4. The molecule has 0 spiro atoms. The molecule has 7 N–H and O–H groups in total. The first-order valence-electron chi connectivity index (χ1n) is 7.14. The highest BCUT2D eigenvalue weighted by Crippen LogP contribution is 2.12. The van der Waals surface area contributed by atoms with Crippen molar-refractivity contribution in [2.24, 2.45) is 17.4 Å². The van der Waals surface area contributed by atoms with E-state index in [1.54, 1.807) is 26.0 Å². The van der Waals surface area contributed by atoms with Crippen molar-refractivity contribution in [3.05, 3.63) is 29.8 Å². The number of hydrogen-bond acceptors (Lipinski definition) is 4. The van der Waals surface area contributed by atoms with Gasteiger partial charge in [0.05, 0.1) is 0 Å². The minimum absolute atomic E-state index is 0.0891. The highest BCUT2D eigenvalue weighted by atomic mass is 16.3. The van der Waals surface area contributed by atoms with Crippen LogP contribution in [0.4, 0.5) is 4.79 Å². The number of amides is 4. The lowest BCUT2D eigenvalue weighted by Crippen LogP contribution is -2.55. The number of benzene rings is 1. The fourth-order valence-electron chi connectivity index (χ4n) is 2.07. The van der Waals surface area contributed by atoms with E-state index in [-0.39, 0.29) is 18.1 Å². The number of primary amides is 2. The van der Waals surface area contributed by atoms with Crippen molar-refractivity contribution in [2.45, 2.75) is 32.4 Å². The summed E-state index contributed by atoms with van der Waals surface area (Å²) in [4.78, 5) is 34.8. The summed E-state index contributed by atoms with van der Waals surface area (Å²) in [5, 5.41) is 14.1. The Kier molecular flexibility index (Phi) is 6.37. The smallest absolute Gasteiger partial charge is 0.312 e. The molecular weight excluding hydrogens is 300 g/mol. The Balaban J connectivity index is 2.87. The Hall–Kier alpha value is -2.77. The zero-order valence-corrected chi connectivity index (χ0v) is 13.1. The molecule has 0 unspecified atom stereocenters. The van der Waals surface area contributed by atoms with Gasteiger partial charge in [-0.15, -0.1) is 0 Å². The van der Waals surface area contributed by atoms with Gasteiger partial charge in [-0.05, 0) is 23.6 Å². The van der Waals surface area contributed by atoms with Gasteiger partial charge in [0.25, 0.3) is 0 Å². The summed E-state index contributed by atoms with van der Waals surface area (Å²) in [7, 11) is 0. The molecule has 0 aliphatic heterocycles. The summed E-state index contributed by atoms with van der Waals surface area (Å²) in [6, 6.07) is 3.50. The number of carbonyl (C=O) groups excluding carboxylic acids is 3.